The Morgan fingerprint density at radius 1 is 1.29 bits per heavy atom. The number of halogens is 2. The summed E-state index contributed by atoms with van der Waals surface area (Å²) in [5.41, 5.74) is 2.14. The molecule has 0 spiro atoms. The molecule has 0 fully saturated rings. The van der Waals surface area contributed by atoms with Crippen molar-refractivity contribution in [1.29, 1.82) is 0 Å². The molecule has 0 aliphatic rings. The van der Waals surface area contributed by atoms with Gasteiger partial charge in [-0.3, -0.25) is 4.79 Å². The minimum absolute atomic E-state index is 0.0217. The number of alkyl halides is 2. The maximum absolute atomic E-state index is 11.4. The van der Waals surface area contributed by atoms with Crippen LogP contribution in [0.25, 0.3) is 0 Å². The van der Waals surface area contributed by atoms with E-state index >= 15 is 0 Å². The number of esters is 1. The summed E-state index contributed by atoms with van der Waals surface area (Å²) in [6.07, 6.45) is 0.230. The Hall–Kier alpha value is -0.870. The number of hydrogen-bond donors (Lipinski definition) is 0. The number of ether oxygens (including phenoxy) is 1. The van der Waals surface area contributed by atoms with Crippen molar-refractivity contribution in [3.8, 4) is 0 Å². The van der Waals surface area contributed by atoms with Crippen molar-refractivity contribution in [2.75, 3.05) is 13.0 Å². The molecule has 0 aromatic heterocycles. The summed E-state index contributed by atoms with van der Waals surface area (Å²) in [5.74, 6) is -0.506. The van der Waals surface area contributed by atoms with E-state index in [1.807, 2.05) is 6.07 Å². The average molecular weight is 320 g/mol. The number of rotatable bonds is 5. The fourth-order valence-corrected chi connectivity index (χ4v) is 1.87. The predicted molar refractivity (Wildman–Crippen MR) is 69.8 cm³/mol. The first kappa shape index (κ1) is 14.2. The van der Waals surface area contributed by atoms with Gasteiger partial charge in [0.15, 0.2) is 5.78 Å². The minimum Gasteiger partial charge on any atom is -0.465 e. The highest BCUT2D eigenvalue weighted by Crippen LogP contribution is 2.15. The van der Waals surface area contributed by atoms with E-state index in [2.05, 4.69) is 20.7 Å². The highest BCUT2D eigenvalue weighted by atomic mass is 79.9. The molecule has 0 aliphatic heterocycles. The molecular formula is C12H12BrClO3. The molecule has 1 rings (SSSR count). The third-order valence-corrected chi connectivity index (χ3v) is 3.12. The number of ketones is 1. The molecule has 0 N–H and O–H groups in total. The number of hydrogen-bond acceptors (Lipinski definition) is 3. The van der Waals surface area contributed by atoms with Gasteiger partial charge in [-0.05, 0) is 23.3 Å². The predicted octanol–water partition coefficient (Wildman–Crippen LogP) is 2.72. The maximum atomic E-state index is 11.4. The fourth-order valence-electron chi connectivity index (χ4n) is 1.45. The summed E-state index contributed by atoms with van der Waals surface area (Å²) in [6.45, 7) is 0. The Morgan fingerprint density at radius 2 is 1.94 bits per heavy atom. The first-order chi connectivity index (χ1) is 8.10. The molecule has 0 amide bonds. The Balaban J connectivity index is 3.05. The van der Waals surface area contributed by atoms with E-state index < -0.39 is 5.97 Å². The van der Waals surface area contributed by atoms with Gasteiger partial charge in [-0.2, -0.15) is 0 Å². The number of methoxy groups -OCH3 is 1. The number of carbonyl (C=O) groups is 2. The van der Waals surface area contributed by atoms with Crippen molar-refractivity contribution < 1.29 is 14.3 Å². The van der Waals surface area contributed by atoms with Gasteiger partial charge in [0.1, 0.15) is 0 Å². The van der Waals surface area contributed by atoms with Crippen LogP contribution in [-0.2, 0) is 21.3 Å². The zero-order chi connectivity index (χ0) is 12.8. The van der Waals surface area contributed by atoms with E-state index in [9.17, 15) is 9.59 Å². The van der Waals surface area contributed by atoms with Gasteiger partial charge in [-0.15, -0.1) is 11.6 Å². The third-order valence-electron chi connectivity index (χ3n) is 2.18. The molecule has 5 heteroatoms. The molecule has 0 unspecified atom stereocenters. The SMILES string of the molecule is COC(=O)c1cc(CBr)cc(CC(=O)CCl)c1. The van der Waals surface area contributed by atoms with Crippen LogP contribution in [-0.4, -0.2) is 24.7 Å². The lowest BCUT2D eigenvalue weighted by molar-refractivity contribution is -0.116. The fraction of sp³-hybridized carbons (Fsp3) is 0.333. The topological polar surface area (TPSA) is 43.4 Å². The Labute approximate surface area is 113 Å². The monoisotopic (exact) mass is 318 g/mol. The first-order valence-electron chi connectivity index (χ1n) is 4.95. The first-order valence-corrected chi connectivity index (χ1v) is 6.61. The van der Waals surface area contributed by atoms with E-state index in [0.29, 0.717) is 10.9 Å². The second-order valence-corrected chi connectivity index (χ2v) is 4.34. The van der Waals surface area contributed by atoms with E-state index in [4.69, 9.17) is 11.6 Å². The van der Waals surface area contributed by atoms with E-state index in [1.165, 1.54) is 7.11 Å². The van der Waals surface area contributed by atoms with Gasteiger partial charge < -0.3 is 4.74 Å². The van der Waals surface area contributed by atoms with Crippen molar-refractivity contribution in [2.45, 2.75) is 11.8 Å². The van der Waals surface area contributed by atoms with Crippen molar-refractivity contribution in [3.05, 3.63) is 34.9 Å². The lowest BCUT2D eigenvalue weighted by Crippen LogP contribution is -2.07. The highest BCUT2D eigenvalue weighted by molar-refractivity contribution is 9.08. The molecule has 1 aromatic carbocycles. The van der Waals surface area contributed by atoms with Gasteiger partial charge in [-0.25, -0.2) is 4.79 Å². The molecule has 0 radical (unpaired) electrons. The van der Waals surface area contributed by atoms with Crippen LogP contribution in [0.3, 0.4) is 0 Å². The number of Topliss-reactive ketones (excluding diaryl/α,β-unsaturated/α-hetero) is 1. The highest BCUT2D eigenvalue weighted by Gasteiger charge is 2.10. The van der Waals surface area contributed by atoms with Crippen LogP contribution >= 0.6 is 27.5 Å². The lowest BCUT2D eigenvalue weighted by atomic mass is 10.0. The van der Waals surface area contributed by atoms with Crippen LogP contribution in [0, 0.1) is 0 Å². The van der Waals surface area contributed by atoms with Crippen LogP contribution in [0.2, 0.25) is 0 Å². The molecule has 0 saturated heterocycles. The Kier molecular flexibility index (Phi) is 5.65. The molecule has 17 heavy (non-hydrogen) atoms. The van der Waals surface area contributed by atoms with E-state index in [0.717, 1.165) is 11.1 Å². The molecule has 0 saturated carbocycles. The number of carbonyl (C=O) groups excluding carboxylic acids is 2. The van der Waals surface area contributed by atoms with Gasteiger partial charge in [-0.1, -0.05) is 22.0 Å². The van der Waals surface area contributed by atoms with Crippen molar-refractivity contribution in [3.63, 3.8) is 0 Å². The lowest BCUT2D eigenvalue weighted by Gasteiger charge is -2.06. The van der Waals surface area contributed by atoms with E-state index in [1.54, 1.807) is 12.1 Å². The second kappa shape index (κ2) is 6.77. The molecule has 0 aliphatic carbocycles. The summed E-state index contributed by atoms with van der Waals surface area (Å²) in [7, 11) is 1.33. The average Bonchev–Trinajstić information content (AvgIpc) is 2.36. The van der Waals surface area contributed by atoms with Crippen LogP contribution in [0.1, 0.15) is 21.5 Å². The molecule has 0 atom stereocenters. The standard InChI is InChI=1S/C12H12BrClO3/c1-17-12(16)10-3-8(5-11(15)7-14)2-9(4-10)6-13/h2-4H,5-7H2,1H3. The van der Waals surface area contributed by atoms with E-state index in [-0.39, 0.29) is 18.1 Å². The largest absolute Gasteiger partial charge is 0.465 e. The Morgan fingerprint density at radius 3 is 2.47 bits per heavy atom. The molecule has 0 heterocycles. The summed E-state index contributed by atoms with van der Waals surface area (Å²) >= 11 is 8.77. The summed E-state index contributed by atoms with van der Waals surface area (Å²) < 4.78 is 4.66. The third kappa shape index (κ3) is 4.13. The second-order valence-electron chi connectivity index (χ2n) is 3.51. The molecule has 3 nitrogen and oxygen atoms in total. The zero-order valence-electron chi connectivity index (χ0n) is 9.33. The molecule has 92 valence electrons. The quantitative estimate of drug-likeness (QED) is 0.619. The van der Waals surface area contributed by atoms with Crippen LogP contribution in [0.4, 0.5) is 0 Å². The van der Waals surface area contributed by atoms with Crippen LogP contribution < -0.4 is 0 Å². The van der Waals surface area contributed by atoms with Gasteiger partial charge in [0.2, 0.25) is 0 Å². The maximum Gasteiger partial charge on any atom is 0.337 e. The van der Waals surface area contributed by atoms with Gasteiger partial charge in [0, 0.05) is 11.8 Å². The zero-order valence-corrected chi connectivity index (χ0v) is 11.7. The summed E-state index contributed by atoms with van der Waals surface area (Å²) in [5, 5.41) is 0.611. The smallest absolute Gasteiger partial charge is 0.337 e. The summed E-state index contributed by atoms with van der Waals surface area (Å²) in [6, 6.07) is 5.25. The van der Waals surface area contributed by atoms with Crippen molar-refractivity contribution >= 4 is 39.3 Å². The van der Waals surface area contributed by atoms with Crippen molar-refractivity contribution in [2.24, 2.45) is 0 Å². The number of benzene rings is 1. The Bertz CT molecular complexity index is 432. The van der Waals surface area contributed by atoms with Gasteiger partial charge in [0.05, 0.1) is 18.6 Å². The van der Waals surface area contributed by atoms with Gasteiger partial charge in [0.25, 0.3) is 0 Å². The van der Waals surface area contributed by atoms with Gasteiger partial charge >= 0.3 is 5.97 Å². The normalized spacial score (nSPS) is 10.1. The van der Waals surface area contributed by atoms with Crippen LogP contribution in [0.5, 0.6) is 0 Å². The minimum atomic E-state index is -0.410. The molecular weight excluding hydrogens is 307 g/mol. The van der Waals surface area contributed by atoms with Crippen molar-refractivity contribution in [1.82, 2.24) is 0 Å². The molecule has 1 aromatic rings. The van der Waals surface area contributed by atoms with Crippen LogP contribution in [0.15, 0.2) is 18.2 Å². The molecule has 0 bridgehead atoms. The summed E-state index contributed by atoms with van der Waals surface area (Å²) in [4.78, 5) is 22.7.